The molecule has 1 saturated carbocycles. The molecular formula is C27H27F2N5O3. The van der Waals surface area contributed by atoms with Crippen LogP contribution in [0.5, 0.6) is 0 Å². The van der Waals surface area contributed by atoms with Gasteiger partial charge in [-0.05, 0) is 50.5 Å². The van der Waals surface area contributed by atoms with Crippen LogP contribution in [0.1, 0.15) is 47.7 Å². The second kappa shape index (κ2) is 10.8. The fraction of sp³-hybridized carbons (Fsp3) is 0.296. The average molecular weight is 508 g/mol. The van der Waals surface area contributed by atoms with Crippen LogP contribution in [0.3, 0.4) is 0 Å². The Hall–Kier alpha value is -4.21. The maximum absolute atomic E-state index is 12.5. The number of anilines is 1. The number of rotatable bonds is 6. The highest BCUT2D eigenvalue weighted by molar-refractivity contribution is 6.06. The van der Waals surface area contributed by atoms with Crippen LogP contribution in [-0.2, 0) is 9.63 Å². The van der Waals surface area contributed by atoms with Gasteiger partial charge in [-0.25, -0.2) is 13.8 Å². The molecule has 37 heavy (non-hydrogen) atoms. The third kappa shape index (κ3) is 5.96. The molecule has 1 aliphatic carbocycles. The van der Waals surface area contributed by atoms with Gasteiger partial charge in [-0.3, -0.25) is 14.6 Å². The van der Waals surface area contributed by atoms with Crippen LogP contribution in [0.15, 0.2) is 53.9 Å². The van der Waals surface area contributed by atoms with Crippen LogP contribution in [-0.4, -0.2) is 46.6 Å². The van der Waals surface area contributed by atoms with Crippen molar-refractivity contribution in [1.82, 2.24) is 15.3 Å². The van der Waals surface area contributed by atoms with Gasteiger partial charge in [-0.15, -0.1) is 0 Å². The van der Waals surface area contributed by atoms with E-state index >= 15 is 0 Å². The zero-order chi connectivity index (χ0) is 26.6. The van der Waals surface area contributed by atoms with Crippen molar-refractivity contribution < 1.29 is 23.2 Å². The van der Waals surface area contributed by atoms with Crippen LogP contribution < -0.4 is 10.6 Å². The summed E-state index contributed by atoms with van der Waals surface area (Å²) in [6.45, 7) is 3.82. The number of hydrogen-bond donors (Lipinski definition) is 2. The number of oxime groups is 1. The number of nitrogens with zero attached hydrogens (tertiary/aromatic N) is 3. The van der Waals surface area contributed by atoms with Crippen molar-refractivity contribution >= 4 is 23.7 Å². The lowest BCUT2D eigenvalue weighted by Gasteiger charge is -2.20. The first-order valence-electron chi connectivity index (χ1n) is 11.8. The SMILES string of the molecule is CNc1cnc(-c2cc(C3=NOC(C)(C(=O)NC4CC4)C3)ccc2C)cn1.O=Cc1c(F)cccc1F. The molecule has 2 aromatic carbocycles. The molecule has 0 spiro atoms. The molecule has 2 N–H and O–H groups in total. The molecule has 0 radical (unpaired) electrons. The van der Waals surface area contributed by atoms with Gasteiger partial charge >= 0.3 is 0 Å². The molecule has 8 nitrogen and oxygen atoms in total. The normalized spacial score (nSPS) is 18.1. The lowest BCUT2D eigenvalue weighted by Crippen LogP contribution is -2.45. The molecule has 1 aliphatic heterocycles. The summed E-state index contributed by atoms with van der Waals surface area (Å²) in [5, 5.41) is 10.2. The molecule has 192 valence electrons. The van der Waals surface area contributed by atoms with Crippen molar-refractivity contribution in [3.63, 3.8) is 0 Å². The summed E-state index contributed by atoms with van der Waals surface area (Å²) in [5.74, 6) is -1.02. The van der Waals surface area contributed by atoms with Crippen molar-refractivity contribution in [3.8, 4) is 11.3 Å². The number of amides is 1. The zero-order valence-electron chi connectivity index (χ0n) is 20.7. The number of aldehydes is 1. The summed E-state index contributed by atoms with van der Waals surface area (Å²) in [5.41, 5.74) is 3.12. The number of benzene rings is 2. The molecule has 1 amide bonds. The highest BCUT2D eigenvalue weighted by Gasteiger charge is 2.44. The molecule has 10 heteroatoms. The topological polar surface area (TPSA) is 106 Å². The van der Waals surface area contributed by atoms with Gasteiger partial charge in [-0.1, -0.05) is 23.4 Å². The van der Waals surface area contributed by atoms with Gasteiger partial charge < -0.3 is 15.5 Å². The number of nitrogens with one attached hydrogen (secondary N) is 2. The Morgan fingerprint density at radius 1 is 1.14 bits per heavy atom. The molecule has 2 heterocycles. The van der Waals surface area contributed by atoms with Gasteiger partial charge in [0.05, 0.1) is 29.4 Å². The van der Waals surface area contributed by atoms with Crippen molar-refractivity contribution in [2.24, 2.45) is 5.16 Å². The fourth-order valence-corrected chi connectivity index (χ4v) is 3.68. The Bertz CT molecular complexity index is 1320. The molecule has 5 rings (SSSR count). The van der Waals surface area contributed by atoms with E-state index in [4.69, 9.17) is 4.84 Å². The lowest BCUT2D eigenvalue weighted by atomic mass is 9.93. The van der Waals surface area contributed by atoms with Crippen LogP contribution in [0.25, 0.3) is 11.3 Å². The predicted molar refractivity (Wildman–Crippen MR) is 135 cm³/mol. The van der Waals surface area contributed by atoms with Gasteiger partial charge in [0, 0.05) is 30.6 Å². The van der Waals surface area contributed by atoms with Crippen LogP contribution in [0.4, 0.5) is 14.6 Å². The first kappa shape index (κ1) is 25.9. The second-order valence-corrected chi connectivity index (χ2v) is 9.10. The lowest BCUT2D eigenvalue weighted by molar-refractivity contribution is -0.141. The van der Waals surface area contributed by atoms with Crippen LogP contribution in [0.2, 0.25) is 0 Å². The molecule has 2 aliphatic rings. The van der Waals surface area contributed by atoms with Gasteiger partial charge in [0.25, 0.3) is 5.91 Å². The third-order valence-corrected chi connectivity index (χ3v) is 6.13. The van der Waals surface area contributed by atoms with Gasteiger partial charge in [0.2, 0.25) is 5.60 Å². The summed E-state index contributed by atoms with van der Waals surface area (Å²) in [6.07, 6.45) is 6.15. The van der Waals surface area contributed by atoms with E-state index < -0.39 is 22.8 Å². The Morgan fingerprint density at radius 2 is 1.86 bits per heavy atom. The van der Waals surface area contributed by atoms with Gasteiger partial charge in [-0.2, -0.15) is 0 Å². The average Bonchev–Trinajstić information content (AvgIpc) is 3.62. The maximum Gasteiger partial charge on any atom is 0.267 e. The van der Waals surface area contributed by atoms with E-state index in [2.05, 4.69) is 25.8 Å². The molecule has 3 aromatic rings. The molecule has 1 aromatic heterocycles. The fourth-order valence-electron chi connectivity index (χ4n) is 3.68. The Balaban J connectivity index is 0.000000270. The quantitative estimate of drug-likeness (QED) is 0.478. The Labute approximate surface area is 213 Å². The number of aromatic nitrogens is 2. The molecular weight excluding hydrogens is 480 g/mol. The third-order valence-electron chi connectivity index (χ3n) is 6.13. The zero-order valence-corrected chi connectivity index (χ0v) is 20.7. The van der Waals surface area contributed by atoms with Crippen molar-refractivity contribution in [2.75, 3.05) is 12.4 Å². The molecule has 1 atom stereocenters. The first-order chi connectivity index (χ1) is 17.7. The van der Waals surface area contributed by atoms with Crippen molar-refractivity contribution in [3.05, 3.63) is 77.1 Å². The number of carbonyl (C=O) groups excluding carboxylic acids is 2. The molecule has 1 fully saturated rings. The minimum Gasteiger partial charge on any atom is -0.379 e. The summed E-state index contributed by atoms with van der Waals surface area (Å²) in [7, 11) is 1.81. The van der Waals surface area contributed by atoms with E-state index in [-0.39, 0.29) is 12.2 Å². The standard InChI is InChI=1S/C20H23N5O2.C7H4F2O/c1-12-4-5-13(8-15(12)17-10-23-18(21-3)11-22-17)16-9-20(2,27-25-16)19(26)24-14-6-7-14;8-6-2-1-3-7(9)5(6)4-10/h4-5,8,10-11,14H,6-7,9H2,1-3H3,(H,21,23)(H,24,26);1-4H. The van der Waals surface area contributed by atoms with E-state index in [1.807, 2.05) is 32.2 Å². The largest absolute Gasteiger partial charge is 0.379 e. The smallest absolute Gasteiger partial charge is 0.267 e. The van der Waals surface area contributed by atoms with E-state index in [9.17, 15) is 18.4 Å². The van der Waals surface area contributed by atoms with Gasteiger partial charge in [0.1, 0.15) is 17.5 Å². The minimum absolute atomic E-state index is 0.0930. The second-order valence-electron chi connectivity index (χ2n) is 9.10. The monoisotopic (exact) mass is 507 g/mol. The Kier molecular flexibility index (Phi) is 7.56. The van der Waals surface area contributed by atoms with Gasteiger partial charge in [0.15, 0.2) is 6.29 Å². The highest BCUT2D eigenvalue weighted by Crippen LogP contribution is 2.31. The first-order valence-corrected chi connectivity index (χ1v) is 11.8. The minimum atomic E-state index is -0.947. The summed E-state index contributed by atoms with van der Waals surface area (Å²) >= 11 is 0. The predicted octanol–water partition coefficient (Wildman–Crippen LogP) is 4.43. The number of carbonyl (C=O) groups is 2. The number of hydrogen-bond acceptors (Lipinski definition) is 7. The summed E-state index contributed by atoms with van der Waals surface area (Å²) < 4.78 is 24.8. The summed E-state index contributed by atoms with van der Waals surface area (Å²) in [4.78, 5) is 36.8. The van der Waals surface area contributed by atoms with E-state index in [0.717, 1.165) is 58.9 Å². The molecule has 0 bridgehead atoms. The number of halogens is 2. The van der Waals surface area contributed by atoms with E-state index in [1.54, 1.807) is 19.3 Å². The van der Waals surface area contributed by atoms with Crippen molar-refractivity contribution in [1.29, 1.82) is 0 Å². The van der Waals surface area contributed by atoms with E-state index in [0.29, 0.717) is 12.5 Å². The van der Waals surface area contributed by atoms with Crippen LogP contribution in [0, 0.1) is 18.6 Å². The number of aryl methyl sites for hydroxylation is 1. The maximum atomic E-state index is 12.5. The molecule has 0 saturated heterocycles. The van der Waals surface area contributed by atoms with Crippen LogP contribution >= 0.6 is 0 Å². The van der Waals surface area contributed by atoms with Crippen molar-refractivity contribution in [2.45, 2.75) is 44.8 Å². The van der Waals surface area contributed by atoms with E-state index in [1.165, 1.54) is 6.07 Å². The Morgan fingerprint density at radius 3 is 2.43 bits per heavy atom. The highest BCUT2D eigenvalue weighted by atomic mass is 19.1. The molecule has 1 unspecified atom stereocenters. The summed E-state index contributed by atoms with van der Waals surface area (Å²) in [6, 6.07) is 9.64.